The molecule has 1 saturated carbocycles. The molecule has 9 heteroatoms. The van der Waals surface area contributed by atoms with Gasteiger partial charge in [0.05, 0.1) is 25.2 Å². The smallest absolute Gasteiger partial charge is 0.229 e. The number of nitrogens with one attached hydrogen (secondary N) is 1. The molecule has 2 fully saturated rings. The number of hydrogen-bond donors (Lipinski definition) is 2. The molecule has 6 rings (SSSR count). The fraction of sp³-hybridized carbons (Fsp3) is 0.385. The molecular weight excluding hydrogens is 442 g/mol. The zero-order chi connectivity index (χ0) is 23.6. The van der Waals surface area contributed by atoms with Crippen LogP contribution in [0.25, 0.3) is 22.4 Å². The topological polar surface area (TPSA) is 101 Å². The Bertz CT molecular complexity index is 1310. The van der Waals surface area contributed by atoms with Gasteiger partial charge in [0.1, 0.15) is 5.75 Å². The highest BCUT2D eigenvalue weighted by Crippen LogP contribution is 2.33. The number of fused-ring (bicyclic) bond motifs is 1. The molecule has 0 atom stereocenters. The zero-order valence-electron chi connectivity index (χ0n) is 19.6. The Morgan fingerprint density at radius 3 is 2.60 bits per heavy atom. The monoisotopic (exact) mass is 471 g/mol. The van der Waals surface area contributed by atoms with Gasteiger partial charge in [-0.05, 0) is 36.6 Å². The number of benzene rings is 1. The van der Waals surface area contributed by atoms with Crippen molar-refractivity contribution in [2.75, 3.05) is 36.5 Å². The molecule has 0 radical (unpaired) electrons. The molecule has 0 spiro atoms. The molecule has 9 nitrogen and oxygen atoms in total. The van der Waals surface area contributed by atoms with Crippen LogP contribution in [0.1, 0.15) is 37.3 Å². The second-order valence-corrected chi connectivity index (χ2v) is 9.16. The Kier molecular flexibility index (Phi) is 5.91. The number of morpholine rings is 1. The van der Waals surface area contributed by atoms with Crippen LogP contribution in [-0.2, 0) is 11.3 Å². The van der Waals surface area contributed by atoms with Crippen molar-refractivity contribution in [1.29, 1.82) is 0 Å². The quantitative estimate of drug-likeness (QED) is 0.432. The number of phenols is 1. The maximum absolute atomic E-state index is 10.1. The highest BCUT2D eigenvalue weighted by Gasteiger charge is 2.23. The summed E-state index contributed by atoms with van der Waals surface area (Å²) in [6, 6.07) is 11.6. The van der Waals surface area contributed by atoms with Gasteiger partial charge < -0.3 is 24.6 Å². The number of nitrogens with zero attached hydrogens (tertiary/aromatic N) is 6. The lowest BCUT2D eigenvalue weighted by atomic mass is 10.1. The standard InChI is InChI=1S/C26H29N7O2/c34-22-8-4-3-7-20(22)21-10-9-18(15-27-21)16-28-24-23-25(33(17-29-23)19-5-1-2-6-19)31-26(30-24)32-11-13-35-14-12-32/h3-4,7-10,15,17,19,34H,1-2,5-6,11-14,16H2,(H,28,30,31). The van der Waals surface area contributed by atoms with Crippen molar-refractivity contribution in [3.05, 3.63) is 54.5 Å². The fourth-order valence-electron chi connectivity index (χ4n) is 4.95. The number of imidazole rings is 1. The summed E-state index contributed by atoms with van der Waals surface area (Å²) in [5.41, 5.74) is 4.16. The predicted octanol–water partition coefficient (Wildman–Crippen LogP) is 4.16. The number of rotatable bonds is 6. The largest absolute Gasteiger partial charge is 0.507 e. The van der Waals surface area contributed by atoms with Crippen LogP contribution in [0.4, 0.5) is 11.8 Å². The first kappa shape index (κ1) is 21.8. The van der Waals surface area contributed by atoms with E-state index >= 15 is 0 Å². The summed E-state index contributed by atoms with van der Waals surface area (Å²) in [7, 11) is 0. The van der Waals surface area contributed by atoms with Crippen molar-refractivity contribution in [2.24, 2.45) is 0 Å². The maximum atomic E-state index is 10.1. The molecule has 4 aromatic rings. The van der Waals surface area contributed by atoms with E-state index in [0.717, 1.165) is 52.8 Å². The number of aromatic hydroxyl groups is 1. The van der Waals surface area contributed by atoms with E-state index in [9.17, 15) is 5.11 Å². The number of pyridine rings is 1. The Morgan fingerprint density at radius 2 is 1.83 bits per heavy atom. The summed E-state index contributed by atoms with van der Waals surface area (Å²) in [6.45, 7) is 3.47. The van der Waals surface area contributed by atoms with E-state index in [1.807, 2.05) is 36.8 Å². The normalized spacial score (nSPS) is 16.7. The zero-order valence-corrected chi connectivity index (χ0v) is 19.6. The fourth-order valence-corrected chi connectivity index (χ4v) is 4.95. The lowest BCUT2D eigenvalue weighted by Crippen LogP contribution is -2.37. The van der Waals surface area contributed by atoms with Gasteiger partial charge in [-0.25, -0.2) is 4.98 Å². The average molecular weight is 472 g/mol. The second kappa shape index (κ2) is 9.50. The van der Waals surface area contributed by atoms with Gasteiger partial charge in [-0.1, -0.05) is 31.0 Å². The van der Waals surface area contributed by atoms with Crippen molar-refractivity contribution in [1.82, 2.24) is 24.5 Å². The van der Waals surface area contributed by atoms with Gasteiger partial charge >= 0.3 is 0 Å². The van der Waals surface area contributed by atoms with Gasteiger partial charge in [-0.2, -0.15) is 9.97 Å². The Labute approximate surface area is 203 Å². The third-order valence-electron chi connectivity index (χ3n) is 6.89. The van der Waals surface area contributed by atoms with Gasteiger partial charge in [-0.15, -0.1) is 0 Å². The minimum absolute atomic E-state index is 0.225. The van der Waals surface area contributed by atoms with Crippen LogP contribution in [0, 0.1) is 0 Å². The van der Waals surface area contributed by atoms with E-state index in [2.05, 4.69) is 19.8 Å². The van der Waals surface area contributed by atoms with E-state index in [4.69, 9.17) is 19.7 Å². The van der Waals surface area contributed by atoms with Gasteiger partial charge in [-0.3, -0.25) is 4.98 Å². The highest BCUT2D eigenvalue weighted by molar-refractivity contribution is 5.84. The van der Waals surface area contributed by atoms with Crippen LogP contribution >= 0.6 is 0 Å². The molecule has 1 aliphatic heterocycles. The third kappa shape index (κ3) is 4.39. The van der Waals surface area contributed by atoms with Gasteiger partial charge in [0.2, 0.25) is 5.95 Å². The van der Waals surface area contributed by atoms with E-state index in [1.165, 1.54) is 25.7 Å². The van der Waals surface area contributed by atoms with Crippen molar-refractivity contribution in [3.63, 3.8) is 0 Å². The first-order valence-corrected chi connectivity index (χ1v) is 12.3. The van der Waals surface area contributed by atoms with Crippen LogP contribution in [0.5, 0.6) is 5.75 Å². The number of ether oxygens (including phenoxy) is 1. The Hall–Kier alpha value is -3.72. The minimum atomic E-state index is 0.225. The van der Waals surface area contributed by atoms with Gasteiger partial charge in [0.25, 0.3) is 0 Å². The van der Waals surface area contributed by atoms with Crippen LogP contribution in [-0.4, -0.2) is 55.9 Å². The maximum Gasteiger partial charge on any atom is 0.229 e. The molecule has 0 unspecified atom stereocenters. The number of aromatic nitrogens is 5. The summed E-state index contributed by atoms with van der Waals surface area (Å²) in [4.78, 5) is 21.3. The number of hydrogen-bond acceptors (Lipinski definition) is 8. The third-order valence-corrected chi connectivity index (χ3v) is 6.89. The van der Waals surface area contributed by atoms with E-state index in [1.54, 1.807) is 12.1 Å². The molecule has 2 N–H and O–H groups in total. The van der Waals surface area contributed by atoms with Crippen LogP contribution in [0.3, 0.4) is 0 Å². The van der Waals surface area contributed by atoms with E-state index in [0.29, 0.717) is 25.8 Å². The molecule has 1 aliphatic carbocycles. The summed E-state index contributed by atoms with van der Waals surface area (Å²) >= 11 is 0. The summed E-state index contributed by atoms with van der Waals surface area (Å²) in [5, 5.41) is 13.6. The molecule has 2 aliphatic rings. The molecule has 0 amide bonds. The van der Waals surface area contributed by atoms with E-state index < -0.39 is 0 Å². The first-order chi connectivity index (χ1) is 17.3. The molecule has 0 bridgehead atoms. The summed E-state index contributed by atoms with van der Waals surface area (Å²) in [6.07, 6.45) is 8.58. The SMILES string of the molecule is Oc1ccccc1-c1ccc(CNc2nc(N3CCOCC3)nc3c2ncn3C2CCCC2)cn1. The van der Waals surface area contributed by atoms with Crippen molar-refractivity contribution >= 4 is 22.9 Å². The molecule has 35 heavy (non-hydrogen) atoms. The molecular formula is C26H29N7O2. The molecule has 180 valence electrons. The lowest BCUT2D eigenvalue weighted by molar-refractivity contribution is 0.122. The van der Waals surface area contributed by atoms with Crippen LogP contribution in [0.15, 0.2) is 48.9 Å². The number of phenolic OH excluding ortho intramolecular Hbond substituents is 1. The summed E-state index contributed by atoms with van der Waals surface area (Å²) < 4.78 is 7.77. The van der Waals surface area contributed by atoms with E-state index in [-0.39, 0.29) is 5.75 Å². The average Bonchev–Trinajstić information content (AvgIpc) is 3.58. The van der Waals surface area contributed by atoms with Crippen molar-refractivity contribution < 1.29 is 9.84 Å². The van der Waals surface area contributed by atoms with Crippen molar-refractivity contribution in [3.8, 4) is 17.0 Å². The van der Waals surface area contributed by atoms with Crippen LogP contribution in [0.2, 0.25) is 0 Å². The van der Waals surface area contributed by atoms with Gasteiger partial charge in [0.15, 0.2) is 17.0 Å². The van der Waals surface area contributed by atoms with Crippen molar-refractivity contribution in [2.45, 2.75) is 38.3 Å². The molecule has 1 aromatic carbocycles. The molecule has 3 aromatic heterocycles. The minimum Gasteiger partial charge on any atom is -0.507 e. The molecule has 1 saturated heterocycles. The highest BCUT2D eigenvalue weighted by atomic mass is 16.5. The molecule has 4 heterocycles. The Morgan fingerprint density at radius 1 is 1.00 bits per heavy atom. The Balaban J connectivity index is 1.28. The number of para-hydroxylation sites is 1. The predicted molar refractivity (Wildman–Crippen MR) is 135 cm³/mol. The second-order valence-electron chi connectivity index (χ2n) is 9.16. The first-order valence-electron chi connectivity index (χ1n) is 12.3. The summed E-state index contributed by atoms with van der Waals surface area (Å²) in [5.74, 6) is 1.68. The lowest BCUT2D eigenvalue weighted by Gasteiger charge is -2.27. The van der Waals surface area contributed by atoms with Crippen LogP contribution < -0.4 is 10.2 Å². The number of anilines is 2. The van der Waals surface area contributed by atoms with Gasteiger partial charge in [0, 0.05) is 37.4 Å².